The number of hydrogen-bond donors (Lipinski definition) is 1. The molecule has 1 aromatic carbocycles. The molecule has 30 heavy (non-hydrogen) atoms. The van der Waals surface area contributed by atoms with E-state index in [1.165, 1.54) is 6.08 Å². The highest BCUT2D eigenvalue weighted by Gasteiger charge is 2.23. The predicted octanol–water partition coefficient (Wildman–Crippen LogP) is 2.75. The number of carbonyl (C=O) groups excluding carboxylic acids is 2. The van der Waals surface area contributed by atoms with Crippen molar-refractivity contribution in [1.29, 1.82) is 0 Å². The Balaban J connectivity index is 1.45. The Labute approximate surface area is 188 Å². The normalized spacial score (nSPS) is 19.5. The van der Waals surface area contributed by atoms with E-state index in [-0.39, 0.29) is 11.8 Å². The fourth-order valence-corrected chi connectivity index (χ4v) is 4.14. The molecule has 2 aliphatic heterocycles. The van der Waals surface area contributed by atoms with Crippen molar-refractivity contribution in [2.75, 3.05) is 52.9 Å². The van der Waals surface area contributed by atoms with Gasteiger partial charge in [-0.2, -0.15) is 0 Å². The molecule has 3 rings (SSSR count). The predicted molar refractivity (Wildman–Crippen MR) is 122 cm³/mol. The lowest BCUT2D eigenvalue weighted by molar-refractivity contribution is -0.130. The molecule has 1 aromatic rings. The summed E-state index contributed by atoms with van der Waals surface area (Å²) in [4.78, 5) is 31.0. The van der Waals surface area contributed by atoms with Crippen LogP contribution in [0.3, 0.4) is 0 Å². The second kappa shape index (κ2) is 11.1. The van der Waals surface area contributed by atoms with Crippen molar-refractivity contribution in [1.82, 2.24) is 20.0 Å². The molecular formula is C22H30Cl2N4O2. The number of likely N-dealkylation sites (tertiary alicyclic amines) is 1. The van der Waals surface area contributed by atoms with Gasteiger partial charge in [-0.1, -0.05) is 29.3 Å². The van der Waals surface area contributed by atoms with Gasteiger partial charge >= 0.3 is 0 Å². The van der Waals surface area contributed by atoms with Crippen molar-refractivity contribution in [3.63, 3.8) is 0 Å². The van der Waals surface area contributed by atoms with E-state index in [2.05, 4.69) is 17.3 Å². The number of piperidine rings is 1. The highest BCUT2D eigenvalue weighted by atomic mass is 35.5. The summed E-state index contributed by atoms with van der Waals surface area (Å²) in [6, 6.07) is 5.77. The maximum atomic E-state index is 12.6. The molecule has 2 fully saturated rings. The third-order valence-corrected chi connectivity index (χ3v) is 6.53. The van der Waals surface area contributed by atoms with Gasteiger partial charge in [-0.25, -0.2) is 0 Å². The van der Waals surface area contributed by atoms with Crippen LogP contribution in [0, 0.1) is 0 Å². The van der Waals surface area contributed by atoms with E-state index < -0.39 is 0 Å². The van der Waals surface area contributed by atoms with E-state index in [1.54, 1.807) is 23.1 Å². The number of nitrogens with zero attached hydrogens (tertiary/aromatic N) is 3. The Hall–Kier alpha value is -1.60. The number of halogens is 2. The van der Waals surface area contributed by atoms with E-state index >= 15 is 0 Å². The number of amides is 2. The van der Waals surface area contributed by atoms with Crippen LogP contribution < -0.4 is 5.32 Å². The lowest BCUT2D eigenvalue weighted by Crippen LogP contribution is -2.44. The Morgan fingerprint density at radius 1 is 1.13 bits per heavy atom. The Morgan fingerprint density at radius 2 is 1.90 bits per heavy atom. The van der Waals surface area contributed by atoms with E-state index in [0.29, 0.717) is 48.7 Å². The molecule has 2 heterocycles. The molecule has 0 saturated carbocycles. The maximum absolute atomic E-state index is 12.6. The van der Waals surface area contributed by atoms with Crippen LogP contribution in [0.25, 0.3) is 6.08 Å². The lowest BCUT2D eigenvalue weighted by Gasteiger charge is -2.30. The molecule has 2 amide bonds. The molecule has 1 N–H and O–H groups in total. The van der Waals surface area contributed by atoms with E-state index in [1.807, 2.05) is 11.0 Å². The summed E-state index contributed by atoms with van der Waals surface area (Å²) in [5, 5.41) is 4.52. The van der Waals surface area contributed by atoms with Crippen LogP contribution >= 0.6 is 23.2 Å². The molecule has 0 spiro atoms. The summed E-state index contributed by atoms with van der Waals surface area (Å²) in [6.45, 7) is 5.28. The van der Waals surface area contributed by atoms with Gasteiger partial charge < -0.3 is 20.0 Å². The molecule has 0 aromatic heterocycles. The molecule has 164 valence electrons. The number of carbonyl (C=O) groups is 2. The van der Waals surface area contributed by atoms with Crippen LogP contribution in [0.15, 0.2) is 24.3 Å². The topological polar surface area (TPSA) is 55.9 Å². The third kappa shape index (κ3) is 6.71. The fourth-order valence-electron chi connectivity index (χ4n) is 3.83. The van der Waals surface area contributed by atoms with E-state index in [9.17, 15) is 9.59 Å². The number of benzene rings is 1. The lowest BCUT2D eigenvalue weighted by atomic mass is 10.1. The van der Waals surface area contributed by atoms with Crippen LogP contribution in [0.2, 0.25) is 10.0 Å². The molecular weight excluding hydrogens is 423 g/mol. The Morgan fingerprint density at radius 3 is 2.63 bits per heavy atom. The SMILES string of the molecule is CN1CCC(NCCN2CCN(C(=O)/C=C/c3ccc(Cl)c(Cl)c3)CCC2=O)CC1. The summed E-state index contributed by atoms with van der Waals surface area (Å²) in [7, 11) is 2.15. The smallest absolute Gasteiger partial charge is 0.246 e. The van der Waals surface area contributed by atoms with Crippen molar-refractivity contribution in [2.24, 2.45) is 0 Å². The minimum Gasteiger partial charge on any atom is -0.340 e. The molecule has 8 heteroatoms. The average Bonchev–Trinajstić information content (AvgIpc) is 2.92. The van der Waals surface area contributed by atoms with Crippen molar-refractivity contribution in [3.8, 4) is 0 Å². The first-order valence-corrected chi connectivity index (χ1v) is 11.3. The zero-order chi connectivity index (χ0) is 21.5. The Kier molecular flexibility index (Phi) is 8.57. The molecule has 0 atom stereocenters. The monoisotopic (exact) mass is 452 g/mol. The van der Waals surface area contributed by atoms with Gasteiger partial charge in [0.05, 0.1) is 10.0 Å². The number of nitrogens with one attached hydrogen (secondary N) is 1. The molecule has 2 aliphatic rings. The van der Waals surface area contributed by atoms with Crippen LogP contribution in [0.4, 0.5) is 0 Å². The van der Waals surface area contributed by atoms with E-state index in [4.69, 9.17) is 23.2 Å². The first-order chi connectivity index (χ1) is 14.4. The largest absolute Gasteiger partial charge is 0.340 e. The van der Waals surface area contributed by atoms with Gasteiger partial charge in [-0.15, -0.1) is 0 Å². The van der Waals surface area contributed by atoms with Crippen molar-refractivity contribution < 1.29 is 9.59 Å². The van der Waals surface area contributed by atoms with Gasteiger partial charge in [-0.05, 0) is 56.8 Å². The molecule has 0 unspecified atom stereocenters. The fraction of sp³-hybridized carbons (Fsp3) is 0.545. The molecule has 0 bridgehead atoms. The Bertz CT molecular complexity index is 778. The van der Waals surface area contributed by atoms with Gasteiger partial charge in [-0.3, -0.25) is 9.59 Å². The summed E-state index contributed by atoms with van der Waals surface area (Å²) in [5.41, 5.74) is 0.810. The molecule has 2 saturated heterocycles. The summed E-state index contributed by atoms with van der Waals surface area (Å²) < 4.78 is 0. The average molecular weight is 453 g/mol. The van der Waals surface area contributed by atoms with Crippen molar-refractivity contribution in [2.45, 2.75) is 25.3 Å². The highest BCUT2D eigenvalue weighted by molar-refractivity contribution is 6.42. The van der Waals surface area contributed by atoms with Crippen molar-refractivity contribution >= 4 is 41.1 Å². The zero-order valence-electron chi connectivity index (χ0n) is 17.4. The van der Waals surface area contributed by atoms with Crippen LogP contribution in [-0.2, 0) is 9.59 Å². The zero-order valence-corrected chi connectivity index (χ0v) is 19.0. The quantitative estimate of drug-likeness (QED) is 0.674. The highest BCUT2D eigenvalue weighted by Crippen LogP contribution is 2.23. The second-order valence-electron chi connectivity index (χ2n) is 7.99. The van der Waals surface area contributed by atoms with Crippen LogP contribution in [0.1, 0.15) is 24.8 Å². The first-order valence-electron chi connectivity index (χ1n) is 10.5. The number of hydrogen-bond acceptors (Lipinski definition) is 4. The summed E-state index contributed by atoms with van der Waals surface area (Å²) in [6.07, 6.45) is 5.91. The van der Waals surface area contributed by atoms with Gasteiger partial charge in [0.25, 0.3) is 0 Å². The second-order valence-corrected chi connectivity index (χ2v) is 8.81. The van der Waals surface area contributed by atoms with E-state index in [0.717, 1.165) is 38.0 Å². The van der Waals surface area contributed by atoms with Crippen LogP contribution in [0.5, 0.6) is 0 Å². The summed E-state index contributed by atoms with van der Waals surface area (Å²) in [5.74, 6) is 0.0177. The first kappa shape index (κ1) is 23.1. The van der Waals surface area contributed by atoms with Gasteiger partial charge in [0, 0.05) is 51.3 Å². The van der Waals surface area contributed by atoms with Gasteiger partial charge in [0.2, 0.25) is 11.8 Å². The molecule has 6 nitrogen and oxygen atoms in total. The van der Waals surface area contributed by atoms with Gasteiger partial charge in [0.1, 0.15) is 0 Å². The minimum absolute atomic E-state index is 0.0971. The summed E-state index contributed by atoms with van der Waals surface area (Å²) >= 11 is 11.9. The minimum atomic E-state index is -0.0971. The van der Waals surface area contributed by atoms with Gasteiger partial charge in [0.15, 0.2) is 0 Å². The molecule has 0 aliphatic carbocycles. The number of rotatable bonds is 6. The van der Waals surface area contributed by atoms with Crippen LogP contribution in [-0.4, -0.2) is 85.4 Å². The standard InChI is InChI=1S/C22H30Cl2N4O2/c1-26-10-6-18(7-11-26)25-9-13-28-15-14-27(12-8-22(28)30)21(29)5-3-17-2-4-19(23)20(24)16-17/h2-5,16,18,25H,6-15H2,1H3/b5-3+. The molecule has 0 radical (unpaired) electrons. The third-order valence-electron chi connectivity index (χ3n) is 5.80. The van der Waals surface area contributed by atoms with Crippen molar-refractivity contribution in [3.05, 3.63) is 39.9 Å². The maximum Gasteiger partial charge on any atom is 0.246 e.